The minimum atomic E-state index is -0.410. The van der Waals surface area contributed by atoms with Crippen LogP contribution >= 0.6 is 0 Å². The molecule has 1 rings (SSSR count). The Morgan fingerprint density at radius 2 is 2.09 bits per heavy atom. The van der Waals surface area contributed by atoms with E-state index < -0.39 is 12.1 Å². The van der Waals surface area contributed by atoms with Crippen LogP contribution in [0.15, 0.2) is 0 Å². The first-order chi connectivity index (χ1) is 5.33. The number of ether oxygens (including phenoxy) is 1. The van der Waals surface area contributed by atoms with Gasteiger partial charge in [-0.1, -0.05) is 0 Å². The van der Waals surface area contributed by atoms with Crippen molar-refractivity contribution in [2.45, 2.75) is 19.3 Å². The maximum atomic E-state index is 12.0. The van der Waals surface area contributed by atoms with Gasteiger partial charge in [0.1, 0.15) is 6.29 Å². The monoisotopic (exact) mass is 160 g/mol. The van der Waals surface area contributed by atoms with Crippen LogP contribution in [0.5, 0.6) is 0 Å². The maximum Gasteiger partial charge on any atom is 0.126 e. The van der Waals surface area contributed by atoms with Gasteiger partial charge in [0.15, 0.2) is 0 Å². The molecule has 0 aromatic rings. The smallest absolute Gasteiger partial charge is 0.126 e. The number of alkyl halides is 1. The summed E-state index contributed by atoms with van der Waals surface area (Å²) in [5, 5.41) is 0. The van der Waals surface area contributed by atoms with Gasteiger partial charge in [-0.15, -0.1) is 0 Å². The minimum absolute atomic E-state index is 0.361. The fourth-order valence-electron chi connectivity index (χ4n) is 1.39. The highest BCUT2D eigenvalue weighted by molar-refractivity contribution is 5.59. The number of carbonyl (C=O) groups excluding carboxylic acids is 1. The first-order valence-electron chi connectivity index (χ1n) is 3.93. The zero-order valence-electron chi connectivity index (χ0n) is 6.51. The Labute approximate surface area is 65.7 Å². The van der Waals surface area contributed by atoms with Gasteiger partial charge in [-0.2, -0.15) is 0 Å². The topological polar surface area (TPSA) is 26.3 Å². The first kappa shape index (κ1) is 8.65. The summed E-state index contributed by atoms with van der Waals surface area (Å²) in [5.41, 5.74) is -0.410. The van der Waals surface area contributed by atoms with Crippen molar-refractivity contribution in [1.29, 1.82) is 0 Å². The lowest BCUT2D eigenvalue weighted by molar-refractivity contribution is -0.122. The molecular formula is C8H13FO2. The van der Waals surface area contributed by atoms with Crippen LogP contribution in [0.4, 0.5) is 4.39 Å². The van der Waals surface area contributed by atoms with Crippen molar-refractivity contribution in [3.63, 3.8) is 0 Å². The molecule has 0 N–H and O–H groups in total. The van der Waals surface area contributed by atoms with Crippen LogP contribution in [0, 0.1) is 5.41 Å². The quantitative estimate of drug-likeness (QED) is 0.582. The van der Waals surface area contributed by atoms with Crippen LogP contribution < -0.4 is 0 Å². The molecule has 0 spiro atoms. The van der Waals surface area contributed by atoms with Crippen LogP contribution in [-0.2, 0) is 9.53 Å². The van der Waals surface area contributed by atoms with E-state index in [1.165, 1.54) is 0 Å². The van der Waals surface area contributed by atoms with Gasteiger partial charge in [-0.05, 0) is 19.3 Å². The van der Waals surface area contributed by atoms with E-state index in [0.717, 1.165) is 6.29 Å². The van der Waals surface area contributed by atoms with Gasteiger partial charge >= 0.3 is 0 Å². The van der Waals surface area contributed by atoms with Gasteiger partial charge in [0.2, 0.25) is 0 Å². The molecule has 0 bridgehead atoms. The molecule has 1 heterocycles. The molecule has 3 heteroatoms. The van der Waals surface area contributed by atoms with Gasteiger partial charge in [-0.25, -0.2) is 0 Å². The molecule has 2 nitrogen and oxygen atoms in total. The highest BCUT2D eigenvalue weighted by Gasteiger charge is 2.31. The molecule has 0 saturated carbocycles. The number of rotatable bonds is 3. The molecule has 64 valence electrons. The molecule has 0 radical (unpaired) electrons. The molecule has 0 amide bonds. The van der Waals surface area contributed by atoms with Crippen LogP contribution in [0.2, 0.25) is 0 Å². The van der Waals surface area contributed by atoms with Crippen molar-refractivity contribution < 1.29 is 13.9 Å². The predicted molar refractivity (Wildman–Crippen MR) is 39.1 cm³/mol. The lowest BCUT2D eigenvalue weighted by Gasteiger charge is -2.30. The molecule has 0 aromatic carbocycles. The van der Waals surface area contributed by atoms with Crippen molar-refractivity contribution in [3.8, 4) is 0 Å². The molecule has 0 atom stereocenters. The second-order valence-corrected chi connectivity index (χ2v) is 3.03. The normalized spacial score (nSPS) is 23.0. The standard InChI is InChI=1S/C8H13FO2/c9-4-1-8(7-10)2-5-11-6-3-8/h7H,1-6H2. The summed E-state index contributed by atoms with van der Waals surface area (Å²) >= 11 is 0. The number of hydrogen-bond acceptors (Lipinski definition) is 2. The predicted octanol–water partition coefficient (Wildman–Crippen LogP) is 1.34. The minimum Gasteiger partial charge on any atom is -0.381 e. The number of hydrogen-bond donors (Lipinski definition) is 0. The van der Waals surface area contributed by atoms with Gasteiger partial charge in [0.05, 0.1) is 6.67 Å². The number of halogens is 1. The van der Waals surface area contributed by atoms with Crippen LogP contribution in [0.1, 0.15) is 19.3 Å². The van der Waals surface area contributed by atoms with E-state index in [0.29, 0.717) is 32.5 Å². The second kappa shape index (κ2) is 3.81. The highest BCUT2D eigenvalue weighted by Crippen LogP contribution is 2.31. The molecule has 11 heavy (non-hydrogen) atoms. The summed E-state index contributed by atoms with van der Waals surface area (Å²) in [5.74, 6) is 0. The lowest BCUT2D eigenvalue weighted by Crippen LogP contribution is -2.31. The van der Waals surface area contributed by atoms with Gasteiger partial charge < -0.3 is 9.53 Å². The highest BCUT2D eigenvalue weighted by atomic mass is 19.1. The van der Waals surface area contributed by atoms with Crippen molar-refractivity contribution >= 4 is 6.29 Å². The number of aldehydes is 1. The van der Waals surface area contributed by atoms with Crippen molar-refractivity contribution in [3.05, 3.63) is 0 Å². The largest absolute Gasteiger partial charge is 0.381 e. The second-order valence-electron chi connectivity index (χ2n) is 3.03. The molecule has 0 aromatic heterocycles. The Kier molecular flexibility index (Phi) is 3.00. The van der Waals surface area contributed by atoms with Crippen LogP contribution in [-0.4, -0.2) is 26.2 Å². The molecule has 1 saturated heterocycles. The third-order valence-electron chi connectivity index (χ3n) is 2.33. The van der Waals surface area contributed by atoms with E-state index in [1.54, 1.807) is 0 Å². The van der Waals surface area contributed by atoms with Crippen LogP contribution in [0.3, 0.4) is 0 Å². The average molecular weight is 160 g/mol. The summed E-state index contributed by atoms with van der Waals surface area (Å²) in [6.07, 6.45) is 2.62. The molecule has 1 aliphatic heterocycles. The molecular weight excluding hydrogens is 147 g/mol. The zero-order chi connectivity index (χ0) is 8.16. The molecule has 0 unspecified atom stereocenters. The number of carbonyl (C=O) groups is 1. The third-order valence-corrected chi connectivity index (χ3v) is 2.33. The van der Waals surface area contributed by atoms with E-state index >= 15 is 0 Å². The summed E-state index contributed by atoms with van der Waals surface area (Å²) in [6.45, 7) is 0.788. The molecule has 1 fully saturated rings. The Balaban J connectivity index is 2.49. The summed E-state index contributed by atoms with van der Waals surface area (Å²) in [6, 6.07) is 0. The van der Waals surface area contributed by atoms with E-state index in [1.807, 2.05) is 0 Å². The van der Waals surface area contributed by atoms with E-state index in [4.69, 9.17) is 4.74 Å². The van der Waals surface area contributed by atoms with Gasteiger partial charge in [0.25, 0.3) is 0 Å². The Hall–Kier alpha value is -0.440. The first-order valence-corrected chi connectivity index (χ1v) is 3.93. The third kappa shape index (κ3) is 1.99. The fourth-order valence-corrected chi connectivity index (χ4v) is 1.39. The van der Waals surface area contributed by atoms with Gasteiger partial charge in [0, 0.05) is 18.6 Å². The SMILES string of the molecule is O=CC1(CCF)CCOCC1. The molecule has 0 aliphatic carbocycles. The Morgan fingerprint density at radius 1 is 1.45 bits per heavy atom. The fraction of sp³-hybridized carbons (Fsp3) is 0.875. The lowest BCUT2D eigenvalue weighted by atomic mass is 9.79. The molecule has 1 aliphatic rings. The van der Waals surface area contributed by atoms with E-state index in [9.17, 15) is 9.18 Å². The van der Waals surface area contributed by atoms with Crippen LogP contribution in [0.25, 0.3) is 0 Å². The summed E-state index contributed by atoms with van der Waals surface area (Å²) < 4.78 is 17.1. The summed E-state index contributed by atoms with van der Waals surface area (Å²) in [7, 11) is 0. The van der Waals surface area contributed by atoms with Crippen molar-refractivity contribution in [2.24, 2.45) is 5.41 Å². The van der Waals surface area contributed by atoms with E-state index in [2.05, 4.69) is 0 Å². The average Bonchev–Trinajstić information content (AvgIpc) is 2.07. The maximum absolute atomic E-state index is 12.0. The van der Waals surface area contributed by atoms with E-state index in [-0.39, 0.29) is 0 Å². The zero-order valence-corrected chi connectivity index (χ0v) is 6.51. The van der Waals surface area contributed by atoms with Gasteiger partial charge in [-0.3, -0.25) is 4.39 Å². The summed E-state index contributed by atoms with van der Waals surface area (Å²) in [4.78, 5) is 10.6. The van der Waals surface area contributed by atoms with Crippen molar-refractivity contribution in [2.75, 3.05) is 19.9 Å². The Bertz CT molecular complexity index is 125. The Morgan fingerprint density at radius 3 is 2.55 bits per heavy atom. The van der Waals surface area contributed by atoms with Crippen molar-refractivity contribution in [1.82, 2.24) is 0 Å².